The van der Waals surface area contributed by atoms with Crippen LogP contribution in [0.3, 0.4) is 0 Å². The minimum Gasteiger partial charge on any atom is -0.506 e. The molecule has 2 N–H and O–H groups in total. The Hall–Kier alpha value is -2.33. The highest BCUT2D eigenvalue weighted by Crippen LogP contribution is 2.27. The van der Waals surface area contributed by atoms with Crippen molar-refractivity contribution in [2.75, 3.05) is 5.32 Å². The summed E-state index contributed by atoms with van der Waals surface area (Å²) in [5, 5.41) is 12.7. The zero-order valence-corrected chi connectivity index (χ0v) is 14.3. The van der Waals surface area contributed by atoms with Crippen LogP contribution < -0.4 is 5.32 Å². The number of nitrogens with one attached hydrogen (secondary N) is 1. The Labute approximate surface area is 146 Å². The van der Waals surface area contributed by atoms with Gasteiger partial charge in [0.05, 0.1) is 10.6 Å². The van der Waals surface area contributed by atoms with Crippen molar-refractivity contribution in [1.82, 2.24) is 0 Å². The number of carbonyl (C=O) groups excluding carboxylic acids is 2. The highest BCUT2D eigenvalue weighted by molar-refractivity contribution is 6.32. The van der Waals surface area contributed by atoms with Crippen LogP contribution in [-0.2, 0) is 0 Å². The molecule has 0 saturated carbocycles. The fourth-order valence-corrected chi connectivity index (χ4v) is 2.52. The summed E-state index contributed by atoms with van der Waals surface area (Å²) >= 11 is 5.81. The molecule has 2 rings (SSSR count). The van der Waals surface area contributed by atoms with Gasteiger partial charge in [0.1, 0.15) is 5.75 Å². The molecule has 0 atom stereocenters. The first-order valence-electron chi connectivity index (χ1n) is 7.95. The zero-order valence-electron chi connectivity index (χ0n) is 13.5. The van der Waals surface area contributed by atoms with E-state index in [0.29, 0.717) is 17.7 Å². The molecule has 1 amide bonds. The first-order valence-corrected chi connectivity index (χ1v) is 8.32. The van der Waals surface area contributed by atoms with Crippen molar-refractivity contribution in [3.05, 3.63) is 58.6 Å². The van der Waals surface area contributed by atoms with Crippen LogP contribution in [0.1, 0.15) is 53.3 Å². The molecule has 24 heavy (non-hydrogen) atoms. The number of benzene rings is 2. The predicted molar refractivity (Wildman–Crippen MR) is 96.0 cm³/mol. The Balaban J connectivity index is 2.10. The SMILES string of the molecule is CCCCCC(=O)c1cccc(NC(=O)c2cccc(Cl)c2O)c1. The van der Waals surface area contributed by atoms with E-state index in [1.54, 1.807) is 30.3 Å². The van der Waals surface area contributed by atoms with E-state index in [0.717, 1.165) is 19.3 Å². The second-order valence-corrected chi connectivity index (χ2v) is 5.96. The van der Waals surface area contributed by atoms with Gasteiger partial charge in [-0.1, -0.05) is 49.6 Å². The highest BCUT2D eigenvalue weighted by Gasteiger charge is 2.14. The molecular formula is C19H20ClNO3. The zero-order chi connectivity index (χ0) is 17.5. The van der Waals surface area contributed by atoms with Gasteiger partial charge in [0.25, 0.3) is 5.91 Å². The molecule has 0 fully saturated rings. The number of phenols is 1. The number of aromatic hydroxyl groups is 1. The average Bonchev–Trinajstić information content (AvgIpc) is 2.57. The fourth-order valence-electron chi connectivity index (χ4n) is 2.35. The Kier molecular flexibility index (Phi) is 6.38. The number of carbonyl (C=O) groups is 2. The van der Waals surface area contributed by atoms with Crippen molar-refractivity contribution in [3.63, 3.8) is 0 Å². The van der Waals surface area contributed by atoms with Gasteiger partial charge in [-0.05, 0) is 30.7 Å². The van der Waals surface area contributed by atoms with Crippen LogP contribution in [0, 0.1) is 0 Å². The predicted octanol–water partition coefficient (Wildman–Crippen LogP) is 5.06. The number of hydrogen-bond donors (Lipinski definition) is 2. The molecule has 126 valence electrons. The number of phenolic OH excluding ortho intramolecular Hbond substituents is 1. The average molecular weight is 346 g/mol. The molecule has 0 saturated heterocycles. The van der Waals surface area contributed by atoms with Gasteiger partial charge in [-0.2, -0.15) is 0 Å². The molecule has 0 radical (unpaired) electrons. The fraction of sp³-hybridized carbons (Fsp3) is 0.263. The van der Waals surface area contributed by atoms with Crippen LogP contribution >= 0.6 is 11.6 Å². The van der Waals surface area contributed by atoms with Crippen molar-refractivity contribution in [2.45, 2.75) is 32.6 Å². The van der Waals surface area contributed by atoms with E-state index < -0.39 is 5.91 Å². The molecule has 2 aromatic rings. The molecule has 2 aromatic carbocycles. The van der Waals surface area contributed by atoms with E-state index in [2.05, 4.69) is 12.2 Å². The van der Waals surface area contributed by atoms with E-state index in [-0.39, 0.29) is 22.1 Å². The first kappa shape index (κ1) is 18.0. The van der Waals surface area contributed by atoms with E-state index >= 15 is 0 Å². The maximum absolute atomic E-state index is 12.3. The number of ketones is 1. The van der Waals surface area contributed by atoms with Crippen LogP contribution in [-0.4, -0.2) is 16.8 Å². The molecule has 0 aliphatic rings. The number of amides is 1. The maximum atomic E-state index is 12.3. The quantitative estimate of drug-likeness (QED) is 0.544. The summed E-state index contributed by atoms with van der Waals surface area (Å²) in [6.07, 6.45) is 3.45. The number of hydrogen-bond acceptors (Lipinski definition) is 3. The van der Waals surface area contributed by atoms with Crippen LogP contribution in [0.25, 0.3) is 0 Å². The number of unbranched alkanes of at least 4 members (excludes halogenated alkanes) is 2. The molecule has 0 aromatic heterocycles. The largest absolute Gasteiger partial charge is 0.506 e. The van der Waals surface area contributed by atoms with Gasteiger partial charge in [0.15, 0.2) is 5.78 Å². The Bertz CT molecular complexity index is 743. The van der Waals surface area contributed by atoms with Gasteiger partial charge in [0.2, 0.25) is 0 Å². The standard InChI is InChI=1S/C19H20ClNO3/c1-2-3-4-11-17(22)13-7-5-8-14(12-13)21-19(24)15-9-6-10-16(20)18(15)23/h5-10,12,23H,2-4,11H2,1H3,(H,21,24). The minimum atomic E-state index is -0.481. The second-order valence-electron chi connectivity index (χ2n) is 5.55. The van der Waals surface area contributed by atoms with Gasteiger partial charge in [-0.3, -0.25) is 9.59 Å². The minimum absolute atomic E-state index is 0.0603. The van der Waals surface area contributed by atoms with Gasteiger partial charge >= 0.3 is 0 Å². The summed E-state index contributed by atoms with van der Waals surface area (Å²) in [6.45, 7) is 2.09. The van der Waals surface area contributed by atoms with Gasteiger partial charge in [0, 0.05) is 17.7 Å². The highest BCUT2D eigenvalue weighted by atomic mass is 35.5. The van der Waals surface area contributed by atoms with E-state index in [9.17, 15) is 14.7 Å². The molecule has 0 bridgehead atoms. The summed E-state index contributed by atoms with van der Waals surface area (Å²) in [5.41, 5.74) is 1.15. The van der Waals surface area contributed by atoms with Crippen LogP contribution in [0.5, 0.6) is 5.75 Å². The lowest BCUT2D eigenvalue weighted by Crippen LogP contribution is -2.12. The van der Waals surface area contributed by atoms with Crippen LogP contribution in [0.2, 0.25) is 5.02 Å². The molecule has 0 aliphatic carbocycles. The van der Waals surface area contributed by atoms with Crippen molar-refractivity contribution >= 4 is 29.0 Å². The normalized spacial score (nSPS) is 10.4. The third kappa shape index (κ3) is 4.59. The number of Topliss-reactive ketones (excluding diaryl/α,β-unsaturated/α-hetero) is 1. The topological polar surface area (TPSA) is 66.4 Å². The smallest absolute Gasteiger partial charge is 0.259 e. The Morgan fingerprint density at radius 2 is 1.88 bits per heavy atom. The summed E-state index contributed by atoms with van der Waals surface area (Å²) in [5.74, 6) is -0.681. The van der Waals surface area contributed by atoms with E-state index in [1.807, 2.05) is 0 Å². The van der Waals surface area contributed by atoms with Crippen molar-refractivity contribution in [1.29, 1.82) is 0 Å². The number of para-hydroxylation sites is 1. The van der Waals surface area contributed by atoms with Crippen LogP contribution in [0.15, 0.2) is 42.5 Å². The molecule has 0 spiro atoms. The van der Waals surface area contributed by atoms with Crippen molar-refractivity contribution in [2.24, 2.45) is 0 Å². The molecule has 0 unspecified atom stereocenters. The van der Waals surface area contributed by atoms with Crippen molar-refractivity contribution < 1.29 is 14.7 Å². The molecule has 5 heteroatoms. The summed E-state index contributed by atoms with van der Waals surface area (Å²) in [4.78, 5) is 24.4. The van der Waals surface area contributed by atoms with Gasteiger partial charge in [-0.15, -0.1) is 0 Å². The molecule has 0 aliphatic heterocycles. The first-order chi connectivity index (χ1) is 11.5. The third-order valence-electron chi connectivity index (χ3n) is 3.68. The van der Waals surface area contributed by atoms with E-state index in [4.69, 9.17) is 11.6 Å². The lowest BCUT2D eigenvalue weighted by atomic mass is 10.0. The summed E-state index contributed by atoms with van der Waals surface area (Å²) < 4.78 is 0. The lowest BCUT2D eigenvalue weighted by Gasteiger charge is -2.09. The Morgan fingerprint density at radius 1 is 1.12 bits per heavy atom. The number of halogens is 1. The molecular weight excluding hydrogens is 326 g/mol. The number of rotatable bonds is 7. The monoisotopic (exact) mass is 345 g/mol. The third-order valence-corrected chi connectivity index (χ3v) is 3.99. The summed E-state index contributed by atoms with van der Waals surface area (Å²) in [7, 11) is 0. The van der Waals surface area contributed by atoms with Crippen LogP contribution in [0.4, 0.5) is 5.69 Å². The maximum Gasteiger partial charge on any atom is 0.259 e. The van der Waals surface area contributed by atoms with Gasteiger partial charge in [-0.25, -0.2) is 0 Å². The van der Waals surface area contributed by atoms with Crippen molar-refractivity contribution in [3.8, 4) is 5.75 Å². The summed E-state index contributed by atoms with van der Waals surface area (Å²) in [6, 6.07) is 11.4. The number of anilines is 1. The van der Waals surface area contributed by atoms with Gasteiger partial charge < -0.3 is 10.4 Å². The Morgan fingerprint density at radius 3 is 2.62 bits per heavy atom. The lowest BCUT2D eigenvalue weighted by molar-refractivity contribution is 0.0977. The molecule has 4 nitrogen and oxygen atoms in total. The van der Waals surface area contributed by atoms with E-state index in [1.165, 1.54) is 12.1 Å². The second kappa shape index (κ2) is 8.50. The molecule has 0 heterocycles.